The first-order valence-corrected chi connectivity index (χ1v) is 8.15. The predicted octanol–water partition coefficient (Wildman–Crippen LogP) is 3.30. The van der Waals surface area contributed by atoms with Crippen molar-refractivity contribution < 1.29 is 4.74 Å². The summed E-state index contributed by atoms with van der Waals surface area (Å²) in [6.45, 7) is 2.02. The van der Waals surface area contributed by atoms with Crippen LogP contribution in [0.3, 0.4) is 0 Å². The molecule has 1 aliphatic carbocycles. The third-order valence-corrected chi connectivity index (χ3v) is 4.65. The molecule has 5 heteroatoms. The van der Waals surface area contributed by atoms with Gasteiger partial charge in [0, 0.05) is 18.5 Å². The number of rotatable bonds is 3. The van der Waals surface area contributed by atoms with Crippen LogP contribution in [0.1, 0.15) is 34.4 Å². The first-order chi connectivity index (χ1) is 10.8. The van der Waals surface area contributed by atoms with Gasteiger partial charge in [-0.05, 0) is 47.6 Å². The number of nitrogens with zero attached hydrogens (tertiary/aromatic N) is 2. The number of aromatic nitrogens is 2. The maximum atomic E-state index is 6.05. The van der Waals surface area contributed by atoms with Crippen LogP contribution in [-0.2, 0) is 37.2 Å². The molecule has 2 heterocycles. The summed E-state index contributed by atoms with van der Waals surface area (Å²) in [5, 5.41) is 3.75. The van der Waals surface area contributed by atoms with Crippen molar-refractivity contribution in [2.45, 2.75) is 38.8 Å². The van der Waals surface area contributed by atoms with Crippen molar-refractivity contribution in [1.29, 1.82) is 0 Å². The SMILES string of the molecule is Clc1nc2c(c(NCc3cccc4c3CCC4)n1)COCC2. The van der Waals surface area contributed by atoms with Crippen LogP contribution in [0.4, 0.5) is 5.82 Å². The highest BCUT2D eigenvalue weighted by Crippen LogP contribution is 2.27. The van der Waals surface area contributed by atoms with E-state index >= 15 is 0 Å². The van der Waals surface area contributed by atoms with Gasteiger partial charge in [-0.2, -0.15) is 0 Å². The van der Waals surface area contributed by atoms with Gasteiger partial charge in [-0.3, -0.25) is 0 Å². The van der Waals surface area contributed by atoms with E-state index in [0.29, 0.717) is 18.5 Å². The third kappa shape index (κ3) is 2.57. The second-order valence-electron chi connectivity index (χ2n) is 5.83. The van der Waals surface area contributed by atoms with Crippen molar-refractivity contribution in [2.75, 3.05) is 11.9 Å². The quantitative estimate of drug-likeness (QED) is 0.883. The van der Waals surface area contributed by atoms with Gasteiger partial charge in [0.15, 0.2) is 0 Å². The highest BCUT2D eigenvalue weighted by Gasteiger charge is 2.19. The second kappa shape index (κ2) is 5.86. The summed E-state index contributed by atoms with van der Waals surface area (Å²) in [7, 11) is 0. The van der Waals surface area contributed by atoms with Crippen molar-refractivity contribution in [3.63, 3.8) is 0 Å². The molecule has 4 rings (SSSR count). The molecule has 0 atom stereocenters. The van der Waals surface area contributed by atoms with E-state index in [0.717, 1.165) is 30.0 Å². The van der Waals surface area contributed by atoms with Crippen LogP contribution in [0.15, 0.2) is 18.2 Å². The fourth-order valence-corrected chi connectivity index (χ4v) is 3.58. The number of aryl methyl sites for hydroxylation is 1. The van der Waals surface area contributed by atoms with Crippen molar-refractivity contribution in [3.8, 4) is 0 Å². The van der Waals surface area contributed by atoms with Gasteiger partial charge in [0.25, 0.3) is 0 Å². The van der Waals surface area contributed by atoms with E-state index in [1.807, 2.05) is 0 Å². The predicted molar refractivity (Wildman–Crippen MR) is 86.2 cm³/mol. The largest absolute Gasteiger partial charge is 0.376 e. The molecule has 0 unspecified atom stereocenters. The molecule has 2 aliphatic rings. The molecule has 0 spiro atoms. The van der Waals surface area contributed by atoms with Gasteiger partial charge in [0.05, 0.1) is 18.9 Å². The van der Waals surface area contributed by atoms with E-state index in [-0.39, 0.29) is 0 Å². The lowest BCUT2D eigenvalue weighted by Gasteiger charge is -2.19. The molecule has 2 aromatic rings. The number of hydrogen-bond acceptors (Lipinski definition) is 4. The number of halogens is 1. The third-order valence-electron chi connectivity index (χ3n) is 4.48. The Balaban J connectivity index is 1.60. The lowest BCUT2D eigenvalue weighted by molar-refractivity contribution is 0.109. The van der Waals surface area contributed by atoms with Crippen LogP contribution in [0, 0.1) is 0 Å². The van der Waals surface area contributed by atoms with E-state index in [1.54, 1.807) is 0 Å². The smallest absolute Gasteiger partial charge is 0.224 e. The Morgan fingerprint density at radius 3 is 3.05 bits per heavy atom. The number of anilines is 1. The molecule has 1 N–H and O–H groups in total. The molecule has 0 saturated heterocycles. The van der Waals surface area contributed by atoms with E-state index in [1.165, 1.54) is 36.0 Å². The molecule has 0 bridgehead atoms. The van der Waals surface area contributed by atoms with Crippen LogP contribution in [0.25, 0.3) is 0 Å². The standard InChI is InChI=1S/C17H18ClN3O/c18-17-20-15-7-8-22-10-14(15)16(21-17)19-9-12-5-1-3-11-4-2-6-13(11)12/h1,3,5H,2,4,6-10H2,(H,19,20,21). The summed E-state index contributed by atoms with van der Waals surface area (Å²) in [6.07, 6.45) is 4.44. The van der Waals surface area contributed by atoms with Gasteiger partial charge >= 0.3 is 0 Å². The number of hydrogen-bond donors (Lipinski definition) is 1. The lowest BCUT2D eigenvalue weighted by Crippen LogP contribution is -2.16. The lowest BCUT2D eigenvalue weighted by atomic mass is 10.0. The monoisotopic (exact) mass is 315 g/mol. The van der Waals surface area contributed by atoms with Gasteiger partial charge in [-0.1, -0.05) is 18.2 Å². The zero-order valence-electron chi connectivity index (χ0n) is 12.4. The zero-order chi connectivity index (χ0) is 14.9. The maximum Gasteiger partial charge on any atom is 0.224 e. The molecule has 1 aliphatic heterocycles. The summed E-state index contributed by atoms with van der Waals surface area (Å²) in [4.78, 5) is 8.68. The Labute approximate surface area is 134 Å². The Kier molecular flexibility index (Phi) is 3.72. The average molecular weight is 316 g/mol. The van der Waals surface area contributed by atoms with E-state index in [9.17, 15) is 0 Å². The average Bonchev–Trinajstić information content (AvgIpc) is 3.01. The van der Waals surface area contributed by atoms with Crippen molar-refractivity contribution in [2.24, 2.45) is 0 Å². The van der Waals surface area contributed by atoms with Crippen LogP contribution >= 0.6 is 11.6 Å². The van der Waals surface area contributed by atoms with Crippen LogP contribution in [-0.4, -0.2) is 16.6 Å². The van der Waals surface area contributed by atoms with E-state index in [4.69, 9.17) is 16.3 Å². The van der Waals surface area contributed by atoms with Crippen molar-refractivity contribution in [3.05, 3.63) is 51.4 Å². The zero-order valence-corrected chi connectivity index (χ0v) is 13.1. The molecule has 114 valence electrons. The summed E-state index contributed by atoms with van der Waals surface area (Å²) in [6, 6.07) is 6.58. The highest BCUT2D eigenvalue weighted by molar-refractivity contribution is 6.28. The maximum absolute atomic E-state index is 6.05. The second-order valence-corrected chi connectivity index (χ2v) is 6.17. The van der Waals surface area contributed by atoms with E-state index < -0.39 is 0 Å². The minimum atomic E-state index is 0.307. The van der Waals surface area contributed by atoms with Crippen LogP contribution in [0.2, 0.25) is 5.28 Å². The number of ether oxygens (including phenoxy) is 1. The Bertz CT molecular complexity index is 717. The fraction of sp³-hybridized carbons (Fsp3) is 0.412. The summed E-state index contributed by atoms with van der Waals surface area (Å²) in [5.74, 6) is 0.810. The van der Waals surface area contributed by atoms with Gasteiger partial charge < -0.3 is 10.1 Å². The van der Waals surface area contributed by atoms with Crippen LogP contribution in [0.5, 0.6) is 0 Å². The van der Waals surface area contributed by atoms with Gasteiger partial charge in [0.2, 0.25) is 5.28 Å². The molecule has 1 aromatic carbocycles. The van der Waals surface area contributed by atoms with Gasteiger partial charge in [0.1, 0.15) is 5.82 Å². The number of nitrogens with one attached hydrogen (secondary N) is 1. The Hall–Kier alpha value is -1.65. The van der Waals surface area contributed by atoms with Gasteiger partial charge in [-0.25, -0.2) is 9.97 Å². The molecule has 0 radical (unpaired) electrons. The minimum Gasteiger partial charge on any atom is -0.376 e. The molecule has 1 aromatic heterocycles. The van der Waals surface area contributed by atoms with Gasteiger partial charge in [-0.15, -0.1) is 0 Å². The molecule has 0 saturated carbocycles. The topological polar surface area (TPSA) is 47.0 Å². The van der Waals surface area contributed by atoms with Crippen molar-refractivity contribution >= 4 is 17.4 Å². The summed E-state index contributed by atoms with van der Waals surface area (Å²) in [5.41, 5.74) is 6.40. The molecular formula is C17H18ClN3O. The highest BCUT2D eigenvalue weighted by atomic mass is 35.5. The molecule has 4 nitrogen and oxygen atoms in total. The number of fused-ring (bicyclic) bond motifs is 2. The molecule has 0 fully saturated rings. The molecular weight excluding hydrogens is 298 g/mol. The van der Waals surface area contributed by atoms with Crippen molar-refractivity contribution in [1.82, 2.24) is 9.97 Å². The fourth-order valence-electron chi connectivity index (χ4n) is 3.39. The Morgan fingerprint density at radius 1 is 1.14 bits per heavy atom. The first kappa shape index (κ1) is 14.0. The molecule has 22 heavy (non-hydrogen) atoms. The molecule has 0 amide bonds. The first-order valence-electron chi connectivity index (χ1n) is 7.78. The summed E-state index contributed by atoms with van der Waals surface area (Å²) >= 11 is 6.05. The van der Waals surface area contributed by atoms with Crippen LogP contribution < -0.4 is 5.32 Å². The Morgan fingerprint density at radius 2 is 2.09 bits per heavy atom. The normalized spacial score (nSPS) is 16.2. The summed E-state index contributed by atoms with van der Waals surface area (Å²) < 4.78 is 5.54. The van der Waals surface area contributed by atoms with E-state index in [2.05, 4.69) is 33.5 Å². The number of benzene rings is 1. The minimum absolute atomic E-state index is 0.307.